The van der Waals surface area contributed by atoms with Gasteiger partial charge in [-0.2, -0.15) is 0 Å². The highest BCUT2D eigenvalue weighted by molar-refractivity contribution is 7.92. The lowest BCUT2D eigenvalue weighted by atomic mass is 9.94. The number of amides is 2. The molecule has 3 aromatic rings. The lowest BCUT2D eigenvalue weighted by Gasteiger charge is -2.35. The Morgan fingerprint density at radius 1 is 0.884 bits per heavy atom. The first-order chi connectivity index (χ1) is 20.4. The van der Waals surface area contributed by atoms with Crippen LogP contribution >= 0.6 is 46.4 Å². The predicted octanol–water partition coefficient (Wildman–Crippen LogP) is 7.16. The molecule has 0 saturated heterocycles. The van der Waals surface area contributed by atoms with E-state index in [0.29, 0.717) is 15.6 Å². The van der Waals surface area contributed by atoms with Crippen molar-refractivity contribution < 1.29 is 18.0 Å². The zero-order valence-corrected chi connectivity index (χ0v) is 27.5. The third-order valence-corrected chi connectivity index (χ3v) is 9.71. The van der Waals surface area contributed by atoms with Crippen LogP contribution in [0, 0.1) is 0 Å². The number of sulfonamides is 1. The van der Waals surface area contributed by atoms with E-state index < -0.39 is 28.5 Å². The van der Waals surface area contributed by atoms with Crippen molar-refractivity contribution in [2.75, 3.05) is 17.1 Å². The Balaban J connectivity index is 1.77. The first kappa shape index (κ1) is 33.4. The molecule has 1 aliphatic rings. The van der Waals surface area contributed by atoms with Crippen molar-refractivity contribution in [3.8, 4) is 0 Å². The Hall–Kier alpha value is -2.49. The molecule has 1 atom stereocenters. The molecule has 230 valence electrons. The summed E-state index contributed by atoms with van der Waals surface area (Å²) in [6, 6.07) is 17.6. The summed E-state index contributed by atoms with van der Waals surface area (Å²) < 4.78 is 26.9. The molecule has 1 N–H and O–H groups in total. The molecule has 4 rings (SSSR count). The molecule has 1 fully saturated rings. The number of rotatable bonds is 11. The Morgan fingerprint density at radius 2 is 1.49 bits per heavy atom. The summed E-state index contributed by atoms with van der Waals surface area (Å²) >= 11 is 25.4. The van der Waals surface area contributed by atoms with E-state index >= 15 is 0 Å². The van der Waals surface area contributed by atoms with Crippen molar-refractivity contribution >= 4 is 73.9 Å². The summed E-state index contributed by atoms with van der Waals surface area (Å²) in [6.45, 7) is -0.736. The summed E-state index contributed by atoms with van der Waals surface area (Å²) in [5.41, 5.74) is 1.39. The van der Waals surface area contributed by atoms with Crippen molar-refractivity contribution in [1.82, 2.24) is 10.2 Å². The summed E-state index contributed by atoms with van der Waals surface area (Å²) in [7, 11) is -3.98. The molecule has 0 aromatic heterocycles. The van der Waals surface area contributed by atoms with Crippen LogP contribution in [0.1, 0.15) is 43.2 Å². The van der Waals surface area contributed by atoms with Crippen LogP contribution in [0.15, 0.2) is 66.7 Å². The van der Waals surface area contributed by atoms with E-state index in [2.05, 4.69) is 5.32 Å². The van der Waals surface area contributed by atoms with Gasteiger partial charge in [-0.1, -0.05) is 102 Å². The minimum atomic E-state index is -3.98. The van der Waals surface area contributed by atoms with Crippen molar-refractivity contribution in [2.45, 2.75) is 57.2 Å². The molecule has 1 aliphatic carbocycles. The number of nitrogens with one attached hydrogen (secondary N) is 1. The van der Waals surface area contributed by atoms with Gasteiger partial charge in [0.1, 0.15) is 12.6 Å². The molecule has 3 aromatic carbocycles. The molecular formula is C31H33Cl4N3O4S. The van der Waals surface area contributed by atoms with Gasteiger partial charge in [0.05, 0.1) is 11.9 Å². The van der Waals surface area contributed by atoms with Gasteiger partial charge in [-0.3, -0.25) is 13.9 Å². The maximum Gasteiger partial charge on any atom is 0.244 e. The number of anilines is 1. The van der Waals surface area contributed by atoms with Crippen LogP contribution in [0.2, 0.25) is 20.1 Å². The van der Waals surface area contributed by atoms with Crippen LogP contribution in [0.4, 0.5) is 5.69 Å². The monoisotopic (exact) mass is 683 g/mol. The largest absolute Gasteiger partial charge is 0.352 e. The lowest BCUT2D eigenvalue weighted by molar-refractivity contribution is -0.140. The highest BCUT2D eigenvalue weighted by Gasteiger charge is 2.35. The van der Waals surface area contributed by atoms with Gasteiger partial charge in [-0.15, -0.1) is 0 Å². The SMILES string of the molecule is CS(=O)(=O)N(CC(=O)N(Cc1c(Cl)cccc1Cl)C(Cc1ccccc1)C(=O)NC1CCCCC1)c1cc(Cl)cc(Cl)c1. The van der Waals surface area contributed by atoms with Gasteiger partial charge in [0.2, 0.25) is 21.8 Å². The van der Waals surface area contributed by atoms with E-state index in [0.717, 1.165) is 48.2 Å². The maximum atomic E-state index is 14.3. The second-order valence-electron chi connectivity index (χ2n) is 10.7. The minimum absolute atomic E-state index is 0.0125. The van der Waals surface area contributed by atoms with E-state index in [1.807, 2.05) is 30.3 Å². The van der Waals surface area contributed by atoms with E-state index in [1.54, 1.807) is 18.2 Å². The number of nitrogens with zero attached hydrogens (tertiary/aromatic N) is 2. The third kappa shape index (κ3) is 9.25. The van der Waals surface area contributed by atoms with Crippen LogP contribution < -0.4 is 9.62 Å². The first-order valence-electron chi connectivity index (χ1n) is 13.9. The Kier molecular flexibility index (Phi) is 11.6. The van der Waals surface area contributed by atoms with E-state index in [1.165, 1.54) is 23.1 Å². The fourth-order valence-electron chi connectivity index (χ4n) is 5.25. The highest BCUT2D eigenvalue weighted by atomic mass is 35.5. The zero-order valence-electron chi connectivity index (χ0n) is 23.6. The summed E-state index contributed by atoms with van der Waals surface area (Å²) in [5.74, 6) is -0.957. The fraction of sp³-hybridized carbons (Fsp3) is 0.355. The molecule has 0 bridgehead atoms. The Morgan fingerprint density at radius 3 is 2.07 bits per heavy atom. The summed E-state index contributed by atoms with van der Waals surface area (Å²) in [6.07, 6.45) is 6.02. The fourth-order valence-corrected chi connectivity index (χ4v) is 7.11. The number of benzene rings is 3. The van der Waals surface area contributed by atoms with Crippen LogP contribution in [0.5, 0.6) is 0 Å². The smallest absolute Gasteiger partial charge is 0.244 e. The number of halogens is 4. The topological polar surface area (TPSA) is 86.8 Å². The van der Waals surface area contributed by atoms with Crippen molar-refractivity contribution in [2.24, 2.45) is 0 Å². The van der Waals surface area contributed by atoms with Gasteiger partial charge in [0, 0.05) is 44.7 Å². The molecule has 1 unspecified atom stereocenters. The number of hydrogen-bond donors (Lipinski definition) is 1. The number of carbonyl (C=O) groups excluding carboxylic acids is 2. The normalized spacial score (nSPS) is 14.6. The van der Waals surface area contributed by atoms with Gasteiger partial charge in [0.15, 0.2) is 0 Å². The third-order valence-electron chi connectivity index (χ3n) is 7.43. The van der Waals surface area contributed by atoms with Gasteiger partial charge < -0.3 is 10.2 Å². The standard InChI is InChI=1S/C31H33Cl4N3O4S/c1-43(41,42)38(25-17-22(32)16-23(33)18-25)20-30(39)37(19-26-27(34)13-8-14-28(26)35)29(15-21-9-4-2-5-10-21)31(40)36-24-11-6-3-7-12-24/h2,4-5,8-10,13-14,16-18,24,29H,3,6-7,11-12,15,19-20H2,1H3,(H,36,40). The average Bonchev–Trinajstić information content (AvgIpc) is 2.94. The number of carbonyl (C=O) groups is 2. The Bertz CT molecular complexity index is 1510. The van der Waals surface area contributed by atoms with Crippen molar-refractivity contribution in [3.05, 3.63) is 97.9 Å². The Labute approximate surface area is 273 Å². The second kappa shape index (κ2) is 15.0. The molecule has 43 heavy (non-hydrogen) atoms. The molecule has 0 radical (unpaired) electrons. The summed E-state index contributed by atoms with van der Waals surface area (Å²) in [5, 5.41) is 4.20. The molecular weight excluding hydrogens is 652 g/mol. The van der Waals surface area contributed by atoms with E-state index in [4.69, 9.17) is 46.4 Å². The molecule has 12 heteroatoms. The second-order valence-corrected chi connectivity index (χ2v) is 14.3. The highest BCUT2D eigenvalue weighted by Crippen LogP contribution is 2.30. The molecule has 0 spiro atoms. The molecule has 1 saturated carbocycles. The van der Waals surface area contributed by atoms with E-state index in [9.17, 15) is 18.0 Å². The average molecular weight is 686 g/mol. The van der Waals surface area contributed by atoms with Crippen LogP contribution in [-0.2, 0) is 32.6 Å². The van der Waals surface area contributed by atoms with Crippen LogP contribution in [0.25, 0.3) is 0 Å². The molecule has 7 nitrogen and oxygen atoms in total. The minimum Gasteiger partial charge on any atom is -0.352 e. The predicted molar refractivity (Wildman–Crippen MR) is 175 cm³/mol. The molecule has 0 aliphatic heterocycles. The van der Waals surface area contributed by atoms with Gasteiger partial charge in [-0.25, -0.2) is 8.42 Å². The molecule has 0 heterocycles. The summed E-state index contributed by atoms with van der Waals surface area (Å²) in [4.78, 5) is 29.7. The van der Waals surface area contributed by atoms with Crippen molar-refractivity contribution in [1.29, 1.82) is 0 Å². The van der Waals surface area contributed by atoms with Crippen LogP contribution in [0.3, 0.4) is 0 Å². The quantitative estimate of drug-likeness (QED) is 0.232. The van der Waals surface area contributed by atoms with Gasteiger partial charge >= 0.3 is 0 Å². The zero-order chi connectivity index (χ0) is 31.1. The molecule has 2 amide bonds. The maximum absolute atomic E-state index is 14.3. The first-order valence-corrected chi connectivity index (χ1v) is 17.3. The van der Waals surface area contributed by atoms with Gasteiger partial charge in [0.25, 0.3) is 0 Å². The number of hydrogen-bond acceptors (Lipinski definition) is 4. The van der Waals surface area contributed by atoms with Gasteiger partial charge in [-0.05, 0) is 48.7 Å². The van der Waals surface area contributed by atoms with Crippen molar-refractivity contribution in [3.63, 3.8) is 0 Å². The van der Waals surface area contributed by atoms with E-state index in [-0.39, 0.29) is 40.6 Å². The van der Waals surface area contributed by atoms with Crippen LogP contribution in [-0.4, -0.2) is 50.0 Å². The lowest BCUT2D eigenvalue weighted by Crippen LogP contribution is -2.55.